The molecule has 0 spiro atoms. The molecule has 3 nitrogen and oxygen atoms in total. The van der Waals surface area contributed by atoms with Crippen LogP contribution in [0.15, 0.2) is 0 Å². The summed E-state index contributed by atoms with van der Waals surface area (Å²) in [5.41, 5.74) is 0. The predicted molar refractivity (Wildman–Crippen MR) is 40.7 cm³/mol. The third-order valence-corrected chi connectivity index (χ3v) is 2.15. The Bertz CT molecular complexity index is 160. The van der Waals surface area contributed by atoms with Gasteiger partial charge in [-0.05, 0) is 18.8 Å². The van der Waals surface area contributed by atoms with Crippen molar-refractivity contribution >= 4 is 5.97 Å². The molecule has 0 saturated carbocycles. The van der Waals surface area contributed by atoms with Crippen LogP contribution in [0.25, 0.3) is 0 Å². The number of aliphatic carboxylic acids is 1. The topological polar surface area (TPSA) is 46.5 Å². The molecule has 1 rings (SSSR count). The van der Waals surface area contributed by atoms with Crippen molar-refractivity contribution in [2.75, 3.05) is 13.2 Å². The van der Waals surface area contributed by atoms with Gasteiger partial charge >= 0.3 is 5.97 Å². The van der Waals surface area contributed by atoms with Crippen molar-refractivity contribution in [3.05, 3.63) is 0 Å². The first-order valence-electron chi connectivity index (χ1n) is 4.13. The van der Waals surface area contributed by atoms with E-state index < -0.39 is 12.1 Å². The van der Waals surface area contributed by atoms with E-state index in [1.54, 1.807) is 0 Å². The molecule has 0 aromatic carbocycles. The Labute approximate surface area is 70.5 Å². The summed E-state index contributed by atoms with van der Waals surface area (Å²) < 4.78 is 17.9. The van der Waals surface area contributed by atoms with Gasteiger partial charge in [-0.1, -0.05) is 0 Å². The second-order valence-corrected chi connectivity index (χ2v) is 3.07. The van der Waals surface area contributed by atoms with Gasteiger partial charge in [0.1, 0.15) is 6.17 Å². The second kappa shape index (κ2) is 4.40. The molecule has 1 N–H and O–H groups in total. The molecule has 0 radical (unpaired) electrons. The highest BCUT2D eigenvalue weighted by molar-refractivity contribution is 5.66. The summed E-state index contributed by atoms with van der Waals surface area (Å²) in [6.45, 7) is 0.689. The van der Waals surface area contributed by atoms with Crippen LogP contribution in [0.3, 0.4) is 0 Å². The summed E-state index contributed by atoms with van der Waals surface area (Å²) in [6, 6.07) is 0. The highest BCUT2D eigenvalue weighted by atomic mass is 19.1. The van der Waals surface area contributed by atoms with Crippen molar-refractivity contribution in [2.24, 2.45) is 5.92 Å². The van der Waals surface area contributed by atoms with E-state index >= 15 is 0 Å². The molecular weight excluding hydrogens is 163 g/mol. The average Bonchev–Trinajstić information content (AvgIpc) is 2.03. The number of ether oxygens (including phenoxy) is 1. The maximum atomic E-state index is 13.0. The molecule has 12 heavy (non-hydrogen) atoms. The zero-order valence-electron chi connectivity index (χ0n) is 6.83. The summed E-state index contributed by atoms with van der Waals surface area (Å²) in [7, 11) is 0. The van der Waals surface area contributed by atoms with Gasteiger partial charge in [0.05, 0.1) is 6.61 Å². The lowest BCUT2D eigenvalue weighted by Crippen LogP contribution is -2.29. The van der Waals surface area contributed by atoms with Crippen LogP contribution in [0.1, 0.15) is 19.3 Å². The maximum Gasteiger partial charge on any atom is 0.303 e. The van der Waals surface area contributed by atoms with E-state index in [1.165, 1.54) is 0 Å². The van der Waals surface area contributed by atoms with Gasteiger partial charge in [-0.2, -0.15) is 0 Å². The van der Waals surface area contributed by atoms with Gasteiger partial charge in [0.15, 0.2) is 0 Å². The molecule has 0 amide bonds. The van der Waals surface area contributed by atoms with Gasteiger partial charge in [-0.15, -0.1) is 0 Å². The van der Waals surface area contributed by atoms with E-state index in [1.807, 2.05) is 0 Å². The summed E-state index contributed by atoms with van der Waals surface area (Å²) >= 11 is 0. The number of rotatable bonds is 3. The summed E-state index contributed by atoms with van der Waals surface area (Å²) in [4.78, 5) is 10.2. The SMILES string of the molecule is O=C(O)CC[C@H]1CCOC[C@H]1F. The third-order valence-electron chi connectivity index (χ3n) is 2.15. The van der Waals surface area contributed by atoms with Crippen LogP contribution in [0.2, 0.25) is 0 Å². The molecule has 0 aliphatic carbocycles. The molecule has 1 heterocycles. The van der Waals surface area contributed by atoms with Crippen molar-refractivity contribution in [3.63, 3.8) is 0 Å². The molecule has 0 aromatic rings. The Kier molecular flexibility index (Phi) is 3.47. The first-order chi connectivity index (χ1) is 5.70. The molecule has 0 bridgehead atoms. The highest BCUT2D eigenvalue weighted by Crippen LogP contribution is 2.22. The van der Waals surface area contributed by atoms with E-state index in [9.17, 15) is 9.18 Å². The minimum absolute atomic E-state index is 0.0606. The summed E-state index contributed by atoms with van der Waals surface area (Å²) in [5, 5.41) is 8.38. The van der Waals surface area contributed by atoms with Crippen LogP contribution in [0, 0.1) is 5.92 Å². The fourth-order valence-electron chi connectivity index (χ4n) is 1.38. The van der Waals surface area contributed by atoms with E-state index in [4.69, 9.17) is 9.84 Å². The smallest absolute Gasteiger partial charge is 0.303 e. The van der Waals surface area contributed by atoms with Crippen LogP contribution in [0.5, 0.6) is 0 Å². The Morgan fingerprint density at radius 3 is 3.00 bits per heavy atom. The molecule has 1 aliphatic rings. The molecule has 0 aromatic heterocycles. The lowest BCUT2D eigenvalue weighted by Gasteiger charge is -2.25. The predicted octanol–water partition coefficient (Wildman–Crippen LogP) is 1.23. The number of carbonyl (C=O) groups is 1. The standard InChI is InChI=1S/C8H13FO3/c9-7-5-12-4-3-6(7)1-2-8(10)11/h6-7H,1-5H2,(H,10,11)/t6-,7+/m0/s1. The van der Waals surface area contributed by atoms with Gasteiger partial charge < -0.3 is 9.84 Å². The molecule has 4 heteroatoms. The third kappa shape index (κ3) is 2.77. The minimum Gasteiger partial charge on any atom is -0.481 e. The first kappa shape index (κ1) is 9.45. The Morgan fingerprint density at radius 1 is 1.67 bits per heavy atom. The van der Waals surface area contributed by atoms with E-state index in [-0.39, 0.29) is 18.9 Å². The maximum absolute atomic E-state index is 13.0. The molecule has 1 saturated heterocycles. The first-order valence-corrected chi connectivity index (χ1v) is 4.13. The number of alkyl halides is 1. The van der Waals surface area contributed by atoms with E-state index in [0.29, 0.717) is 19.4 Å². The van der Waals surface area contributed by atoms with Crippen LogP contribution in [-0.2, 0) is 9.53 Å². The van der Waals surface area contributed by atoms with Crippen molar-refractivity contribution in [3.8, 4) is 0 Å². The number of carboxylic acid groups (broad SMARTS) is 1. The Hall–Kier alpha value is -0.640. The molecule has 70 valence electrons. The summed E-state index contributed by atoms with van der Waals surface area (Å²) in [6.07, 6.45) is 0.164. The molecule has 1 fully saturated rings. The van der Waals surface area contributed by atoms with Crippen molar-refractivity contribution < 1.29 is 19.0 Å². The largest absolute Gasteiger partial charge is 0.481 e. The average molecular weight is 176 g/mol. The lowest BCUT2D eigenvalue weighted by atomic mass is 9.93. The van der Waals surface area contributed by atoms with Crippen molar-refractivity contribution in [1.82, 2.24) is 0 Å². The normalized spacial score (nSPS) is 30.1. The van der Waals surface area contributed by atoms with Crippen LogP contribution >= 0.6 is 0 Å². The van der Waals surface area contributed by atoms with E-state index in [0.717, 1.165) is 0 Å². The fourth-order valence-corrected chi connectivity index (χ4v) is 1.38. The molecular formula is C8H13FO3. The monoisotopic (exact) mass is 176 g/mol. The van der Waals surface area contributed by atoms with Crippen LogP contribution < -0.4 is 0 Å². The molecule has 1 aliphatic heterocycles. The van der Waals surface area contributed by atoms with Crippen molar-refractivity contribution in [1.29, 1.82) is 0 Å². The number of halogens is 1. The second-order valence-electron chi connectivity index (χ2n) is 3.07. The van der Waals surface area contributed by atoms with Gasteiger partial charge in [0.2, 0.25) is 0 Å². The van der Waals surface area contributed by atoms with Crippen LogP contribution in [0.4, 0.5) is 4.39 Å². The molecule has 2 atom stereocenters. The Balaban J connectivity index is 2.24. The van der Waals surface area contributed by atoms with E-state index in [2.05, 4.69) is 0 Å². The van der Waals surface area contributed by atoms with Crippen LogP contribution in [-0.4, -0.2) is 30.5 Å². The van der Waals surface area contributed by atoms with Crippen molar-refractivity contribution in [2.45, 2.75) is 25.4 Å². The zero-order chi connectivity index (χ0) is 8.97. The lowest BCUT2D eigenvalue weighted by molar-refractivity contribution is -0.137. The number of hydrogen-bond acceptors (Lipinski definition) is 2. The fraction of sp³-hybridized carbons (Fsp3) is 0.875. The van der Waals surface area contributed by atoms with Gasteiger partial charge in [-0.25, -0.2) is 4.39 Å². The van der Waals surface area contributed by atoms with Gasteiger partial charge in [0.25, 0.3) is 0 Å². The zero-order valence-corrected chi connectivity index (χ0v) is 6.83. The Morgan fingerprint density at radius 2 is 2.42 bits per heavy atom. The number of hydrogen-bond donors (Lipinski definition) is 1. The quantitative estimate of drug-likeness (QED) is 0.703. The number of carboxylic acids is 1. The highest BCUT2D eigenvalue weighted by Gasteiger charge is 2.25. The summed E-state index contributed by atoms with van der Waals surface area (Å²) in [5.74, 6) is -0.969. The minimum atomic E-state index is -0.974. The molecule has 0 unspecified atom stereocenters. The van der Waals surface area contributed by atoms with Gasteiger partial charge in [0, 0.05) is 13.0 Å². The van der Waals surface area contributed by atoms with Gasteiger partial charge in [-0.3, -0.25) is 4.79 Å².